The van der Waals surface area contributed by atoms with E-state index in [1.807, 2.05) is 20.8 Å². The van der Waals surface area contributed by atoms with Gasteiger partial charge in [-0.1, -0.05) is 19.3 Å². The highest BCUT2D eigenvalue weighted by molar-refractivity contribution is 7.18. The zero-order valence-corrected chi connectivity index (χ0v) is 14.0. The number of aryl methyl sites for hydroxylation is 3. The summed E-state index contributed by atoms with van der Waals surface area (Å²) in [5, 5.41) is 5.23. The predicted octanol–water partition coefficient (Wildman–Crippen LogP) is 3.54. The monoisotopic (exact) mass is 316 g/mol. The Balaban J connectivity index is 2.04. The van der Waals surface area contributed by atoms with Crippen LogP contribution in [-0.4, -0.2) is 19.2 Å². The molecule has 1 fully saturated rings. The van der Waals surface area contributed by atoms with E-state index in [-0.39, 0.29) is 5.56 Å². The summed E-state index contributed by atoms with van der Waals surface area (Å²) >= 11 is 1.61. The van der Waals surface area contributed by atoms with Gasteiger partial charge in [0.05, 0.1) is 5.39 Å². The first-order chi connectivity index (χ1) is 10.6. The fourth-order valence-corrected chi connectivity index (χ4v) is 4.64. The molecular weight excluding hydrogens is 296 g/mol. The van der Waals surface area contributed by atoms with Crippen LogP contribution in [-0.2, 0) is 0 Å². The highest BCUT2D eigenvalue weighted by atomic mass is 32.1. The van der Waals surface area contributed by atoms with Gasteiger partial charge < -0.3 is 0 Å². The Morgan fingerprint density at radius 3 is 2.59 bits per heavy atom. The lowest BCUT2D eigenvalue weighted by atomic mass is 9.95. The van der Waals surface area contributed by atoms with E-state index in [4.69, 9.17) is 4.98 Å². The summed E-state index contributed by atoms with van der Waals surface area (Å²) in [5.41, 5.74) is 1.01. The average Bonchev–Trinajstić information content (AvgIpc) is 2.98. The van der Waals surface area contributed by atoms with E-state index in [0.717, 1.165) is 39.3 Å². The second-order valence-corrected chi connectivity index (χ2v) is 7.50. The summed E-state index contributed by atoms with van der Waals surface area (Å²) in [6, 6.07) is 0.428. The number of aromatic nitrogens is 4. The SMILES string of the molecule is Cc1sc2nc3n(C4CCCCC4)c(C)nn3c(=O)c2c1C. The summed E-state index contributed by atoms with van der Waals surface area (Å²) in [4.78, 5) is 19.6. The van der Waals surface area contributed by atoms with Gasteiger partial charge in [-0.05, 0) is 39.2 Å². The fraction of sp³-hybridized carbons (Fsp3) is 0.562. The Hall–Kier alpha value is -1.69. The molecule has 0 aliphatic heterocycles. The van der Waals surface area contributed by atoms with Crippen LogP contribution >= 0.6 is 11.3 Å². The highest BCUT2D eigenvalue weighted by Crippen LogP contribution is 2.31. The first kappa shape index (κ1) is 13.9. The number of fused-ring (bicyclic) bond motifs is 2. The number of hydrogen-bond donors (Lipinski definition) is 0. The van der Waals surface area contributed by atoms with E-state index in [1.54, 1.807) is 11.3 Å². The van der Waals surface area contributed by atoms with Crippen molar-refractivity contribution in [2.45, 2.75) is 58.9 Å². The van der Waals surface area contributed by atoms with Crippen molar-refractivity contribution in [3.63, 3.8) is 0 Å². The summed E-state index contributed by atoms with van der Waals surface area (Å²) in [7, 11) is 0. The second kappa shape index (κ2) is 4.91. The van der Waals surface area contributed by atoms with Crippen molar-refractivity contribution >= 4 is 27.3 Å². The van der Waals surface area contributed by atoms with E-state index in [9.17, 15) is 4.79 Å². The number of nitrogens with zero attached hydrogens (tertiary/aromatic N) is 4. The molecule has 0 spiro atoms. The molecule has 3 aromatic heterocycles. The van der Waals surface area contributed by atoms with E-state index < -0.39 is 0 Å². The lowest BCUT2D eigenvalue weighted by molar-refractivity contribution is 0.353. The maximum atomic E-state index is 12.8. The average molecular weight is 316 g/mol. The molecule has 1 saturated carbocycles. The van der Waals surface area contributed by atoms with Crippen LogP contribution in [0.3, 0.4) is 0 Å². The molecule has 0 radical (unpaired) electrons. The first-order valence-corrected chi connectivity index (χ1v) is 8.77. The molecule has 0 amide bonds. The molecule has 22 heavy (non-hydrogen) atoms. The summed E-state index contributed by atoms with van der Waals surface area (Å²) in [5.74, 6) is 1.60. The lowest BCUT2D eigenvalue weighted by Crippen LogP contribution is -2.18. The molecule has 1 aliphatic rings. The molecule has 1 aliphatic carbocycles. The van der Waals surface area contributed by atoms with Gasteiger partial charge in [-0.2, -0.15) is 4.52 Å². The van der Waals surface area contributed by atoms with Crippen LogP contribution in [0.4, 0.5) is 0 Å². The maximum Gasteiger partial charge on any atom is 0.284 e. The third-order valence-corrected chi connectivity index (χ3v) is 6.01. The number of rotatable bonds is 1. The molecule has 3 aromatic rings. The molecule has 6 heteroatoms. The standard InChI is InChI=1S/C16H20N4OS/c1-9-10(2)22-14-13(9)15(21)20-16(17-14)19(11(3)18-20)12-7-5-4-6-8-12/h12H,4-8H2,1-3H3. The topological polar surface area (TPSA) is 52.2 Å². The van der Waals surface area contributed by atoms with Gasteiger partial charge in [-0.3, -0.25) is 9.36 Å². The van der Waals surface area contributed by atoms with E-state index in [2.05, 4.69) is 9.67 Å². The van der Waals surface area contributed by atoms with Crippen LogP contribution in [0.2, 0.25) is 0 Å². The normalized spacial score (nSPS) is 16.9. The van der Waals surface area contributed by atoms with Crippen LogP contribution < -0.4 is 5.56 Å². The van der Waals surface area contributed by atoms with Crippen molar-refractivity contribution in [3.05, 3.63) is 26.6 Å². The largest absolute Gasteiger partial charge is 0.294 e. The summed E-state index contributed by atoms with van der Waals surface area (Å²) < 4.78 is 3.69. The molecule has 0 unspecified atom stereocenters. The molecule has 3 heterocycles. The quantitative estimate of drug-likeness (QED) is 0.690. The Morgan fingerprint density at radius 1 is 1.14 bits per heavy atom. The lowest BCUT2D eigenvalue weighted by Gasteiger charge is -2.23. The number of hydrogen-bond acceptors (Lipinski definition) is 4. The Morgan fingerprint density at radius 2 is 1.86 bits per heavy atom. The molecule has 116 valence electrons. The molecule has 5 nitrogen and oxygen atoms in total. The Bertz CT molecular complexity index is 927. The molecule has 0 N–H and O–H groups in total. The predicted molar refractivity (Wildman–Crippen MR) is 89.0 cm³/mol. The zero-order valence-electron chi connectivity index (χ0n) is 13.2. The van der Waals surface area contributed by atoms with Crippen LogP contribution in [0.15, 0.2) is 4.79 Å². The van der Waals surface area contributed by atoms with Crippen molar-refractivity contribution in [1.82, 2.24) is 19.2 Å². The van der Waals surface area contributed by atoms with E-state index in [0.29, 0.717) is 11.8 Å². The van der Waals surface area contributed by atoms with Gasteiger partial charge in [0.1, 0.15) is 10.7 Å². The maximum absolute atomic E-state index is 12.8. The van der Waals surface area contributed by atoms with Crippen molar-refractivity contribution in [3.8, 4) is 0 Å². The van der Waals surface area contributed by atoms with Gasteiger partial charge in [-0.15, -0.1) is 16.4 Å². The third-order valence-electron chi connectivity index (χ3n) is 4.91. The minimum atomic E-state index is -0.0282. The molecular formula is C16H20N4OS. The fourth-order valence-electron chi connectivity index (χ4n) is 3.62. The third kappa shape index (κ3) is 1.86. The van der Waals surface area contributed by atoms with Gasteiger partial charge in [0, 0.05) is 10.9 Å². The second-order valence-electron chi connectivity index (χ2n) is 6.30. The Kier molecular flexibility index (Phi) is 3.11. The molecule has 0 bridgehead atoms. The van der Waals surface area contributed by atoms with Crippen LogP contribution in [0.1, 0.15) is 54.4 Å². The van der Waals surface area contributed by atoms with Crippen molar-refractivity contribution < 1.29 is 0 Å². The van der Waals surface area contributed by atoms with Crippen molar-refractivity contribution in [1.29, 1.82) is 0 Å². The van der Waals surface area contributed by atoms with Gasteiger partial charge in [0.15, 0.2) is 0 Å². The number of thiophene rings is 1. The van der Waals surface area contributed by atoms with Crippen molar-refractivity contribution in [2.75, 3.05) is 0 Å². The molecule has 4 rings (SSSR count). The molecule has 0 atom stereocenters. The van der Waals surface area contributed by atoms with Crippen LogP contribution in [0.5, 0.6) is 0 Å². The zero-order chi connectivity index (χ0) is 15.4. The van der Waals surface area contributed by atoms with Crippen LogP contribution in [0, 0.1) is 20.8 Å². The Labute approximate surface area is 132 Å². The summed E-state index contributed by atoms with van der Waals surface area (Å²) in [6.07, 6.45) is 6.12. The van der Waals surface area contributed by atoms with E-state index >= 15 is 0 Å². The minimum Gasteiger partial charge on any atom is -0.294 e. The molecule has 0 aromatic carbocycles. The van der Waals surface area contributed by atoms with Gasteiger partial charge in [-0.25, -0.2) is 4.98 Å². The van der Waals surface area contributed by atoms with E-state index in [1.165, 1.54) is 23.8 Å². The van der Waals surface area contributed by atoms with Gasteiger partial charge in [0.2, 0.25) is 5.78 Å². The van der Waals surface area contributed by atoms with Crippen LogP contribution in [0.25, 0.3) is 16.0 Å². The molecule has 0 saturated heterocycles. The first-order valence-electron chi connectivity index (χ1n) is 7.95. The minimum absolute atomic E-state index is 0.0282. The summed E-state index contributed by atoms with van der Waals surface area (Å²) in [6.45, 7) is 6.02. The van der Waals surface area contributed by atoms with Crippen molar-refractivity contribution in [2.24, 2.45) is 0 Å². The van der Waals surface area contributed by atoms with Gasteiger partial charge >= 0.3 is 0 Å². The van der Waals surface area contributed by atoms with Gasteiger partial charge in [0.25, 0.3) is 5.56 Å². The smallest absolute Gasteiger partial charge is 0.284 e. The highest BCUT2D eigenvalue weighted by Gasteiger charge is 2.23.